The number of aryl methyl sites for hydroxylation is 1. The van der Waals surface area contributed by atoms with Crippen molar-refractivity contribution in [3.8, 4) is 5.75 Å². The molecule has 0 aliphatic heterocycles. The van der Waals surface area contributed by atoms with E-state index in [-0.39, 0.29) is 5.75 Å². The molecule has 0 fully saturated rings. The Morgan fingerprint density at radius 3 is 2.17 bits per heavy atom. The number of hydrogen-bond acceptors (Lipinski definition) is 2. The molecule has 0 aliphatic carbocycles. The van der Waals surface area contributed by atoms with Crippen LogP contribution in [0.25, 0.3) is 0 Å². The molecule has 0 radical (unpaired) electrons. The van der Waals surface area contributed by atoms with Crippen molar-refractivity contribution in [2.75, 3.05) is 0 Å². The number of alkyl halides is 3. The molecule has 102 valence electrons. The van der Waals surface area contributed by atoms with Gasteiger partial charge in [-0.05, 0) is 31.0 Å². The van der Waals surface area contributed by atoms with E-state index in [1.807, 2.05) is 6.92 Å². The topological polar surface area (TPSA) is 35.2 Å². The summed E-state index contributed by atoms with van der Waals surface area (Å²) in [5, 5.41) is 0. The standard InChI is InChI=1S/C13H18F3NO/c1-3-4-10-5-7-11(8-6-10)18-12(9(2)17)13(14,15)16/h5-9,12H,3-4,17H2,1-2H3. The molecule has 0 aliphatic rings. The molecule has 2 atom stereocenters. The van der Waals surface area contributed by atoms with Gasteiger partial charge in [0.15, 0.2) is 0 Å². The van der Waals surface area contributed by atoms with E-state index in [9.17, 15) is 13.2 Å². The second-order valence-electron chi connectivity index (χ2n) is 4.33. The van der Waals surface area contributed by atoms with Crippen molar-refractivity contribution in [3.05, 3.63) is 29.8 Å². The Hall–Kier alpha value is -1.23. The minimum atomic E-state index is -4.46. The quantitative estimate of drug-likeness (QED) is 0.882. The van der Waals surface area contributed by atoms with Crippen molar-refractivity contribution in [1.29, 1.82) is 0 Å². The summed E-state index contributed by atoms with van der Waals surface area (Å²) in [6.45, 7) is 3.32. The van der Waals surface area contributed by atoms with Gasteiger partial charge in [0, 0.05) is 6.04 Å². The zero-order valence-electron chi connectivity index (χ0n) is 10.5. The smallest absolute Gasteiger partial charge is 0.426 e. The Bertz CT molecular complexity index is 359. The lowest BCUT2D eigenvalue weighted by atomic mass is 10.1. The Balaban J connectivity index is 2.76. The summed E-state index contributed by atoms with van der Waals surface area (Å²) in [5.41, 5.74) is 6.38. The van der Waals surface area contributed by atoms with Gasteiger partial charge in [-0.15, -0.1) is 0 Å². The summed E-state index contributed by atoms with van der Waals surface area (Å²) in [4.78, 5) is 0. The van der Waals surface area contributed by atoms with Crippen LogP contribution in [-0.4, -0.2) is 18.3 Å². The number of nitrogens with two attached hydrogens (primary N) is 1. The van der Waals surface area contributed by atoms with Crippen molar-refractivity contribution in [2.24, 2.45) is 5.73 Å². The summed E-state index contributed by atoms with van der Waals surface area (Å²) >= 11 is 0. The molecule has 2 N–H and O–H groups in total. The average Bonchev–Trinajstić information content (AvgIpc) is 2.26. The highest BCUT2D eigenvalue weighted by Gasteiger charge is 2.44. The SMILES string of the molecule is CCCc1ccc(OC(C(C)N)C(F)(F)F)cc1. The van der Waals surface area contributed by atoms with Gasteiger partial charge in [0.1, 0.15) is 5.75 Å². The molecule has 0 saturated carbocycles. The van der Waals surface area contributed by atoms with Crippen LogP contribution in [-0.2, 0) is 6.42 Å². The van der Waals surface area contributed by atoms with Crippen LogP contribution in [0.5, 0.6) is 5.75 Å². The van der Waals surface area contributed by atoms with Crippen LogP contribution in [0.15, 0.2) is 24.3 Å². The highest BCUT2D eigenvalue weighted by Crippen LogP contribution is 2.27. The number of hydrogen-bond donors (Lipinski definition) is 1. The third-order valence-electron chi connectivity index (χ3n) is 2.53. The van der Waals surface area contributed by atoms with Crippen molar-refractivity contribution in [2.45, 2.75) is 45.0 Å². The second kappa shape index (κ2) is 6.09. The summed E-state index contributed by atoms with van der Waals surface area (Å²) < 4.78 is 42.9. The molecule has 18 heavy (non-hydrogen) atoms. The van der Waals surface area contributed by atoms with Crippen molar-refractivity contribution < 1.29 is 17.9 Å². The number of ether oxygens (including phenoxy) is 1. The maximum absolute atomic E-state index is 12.7. The van der Waals surface area contributed by atoms with Gasteiger partial charge in [-0.25, -0.2) is 0 Å². The molecule has 0 amide bonds. The first-order chi connectivity index (χ1) is 8.34. The van der Waals surface area contributed by atoms with Crippen molar-refractivity contribution >= 4 is 0 Å². The van der Waals surface area contributed by atoms with Gasteiger partial charge >= 0.3 is 6.18 Å². The van der Waals surface area contributed by atoms with Gasteiger partial charge in [-0.1, -0.05) is 25.5 Å². The molecule has 2 nitrogen and oxygen atoms in total. The molecule has 2 unspecified atom stereocenters. The lowest BCUT2D eigenvalue weighted by Gasteiger charge is -2.24. The molecule has 5 heteroatoms. The van der Waals surface area contributed by atoms with E-state index in [1.165, 1.54) is 6.92 Å². The van der Waals surface area contributed by atoms with Gasteiger partial charge in [-0.2, -0.15) is 13.2 Å². The van der Waals surface area contributed by atoms with E-state index in [0.717, 1.165) is 18.4 Å². The van der Waals surface area contributed by atoms with E-state index in [0.29, 0.717) is 0 Å². The fraction of sp³-hybridized carbons (Fsp3) is 0.538. The minimum Gasteiger partial charge on any atom is -0.479 e. The Morgan fingerprint density at radius 2 is 1.78 bits per heavy atom. The molecule has 0 bridgehead atoms. The van der Waals surface area contributed by atoms with Crippen molar-refractivity contribution in [1.82, 2.24) is 0 Å². The van der Waals surface area contributed by atoms with Crippen LogP contribution in [0.3, 0.4) is 0 Å². The van der Waals surface area contributed by atoms with Crippen LogP contribution in [0.2, 0.25) is 0 Å². The summed E-state index contributed by atoms with van der Waals surface area (Å²) in [6, 6.07) is 5.53. The van der Waals surface area contributed by atoms with Gasteiger partial charge < -0.3 is 10.5 Å². The monoisotopic (exact) mass is 261 g/mol. The molecule has 1 aromatic carbocycles. The molecule has 0 aromatic heterocycles. The lowest BCUT2D eigenvalue weighted by Crippen LogP contribution is -2.47. The van der Waals surface area contributed by atoms with E-state index < -0.39 is 18.3 Å². The Morgan fingerprint density at radius 1 is 1.22 bits per heavy atom. The predicted molar refractivity (Wildman–Crippen MR) is 64.6 cm³/mol. The molecular formula is C13H18F3NO. The largest absolute Gasteiger partial charge is 0.479 e. The van der Waals surface area contributed by atoms with Crippen LogP contribution in [0.4, 0.5) is 13.2 Å². The van der Waals surface area contributed by atoms with Gasteiger partial charge in [0.25, 0.3) is 0 Å². The zero-order valence-corrected chi connectivity index (χ0v) is 10.5. The normalized spacial score (nSPS) is 15.2. The summed E-state index contributed by atoms with van der Waals surface area (Å²) in [5.74, 6) is 0.189. The van der Waals surface area contributed by atoms with E-state index in [2.05, 4.69) is 0 Å². The fourth-order valence-electron chi connectivity index (χ4n) is 1.64. The van der Waals surface area contributed by atoms with Crippen LogP contribution >= 0.6 is 0 Å². The second-order valence-corrected chi connectivity index (χ2v) is 4.33. The molecular weight excluding hydrogens is 243 g/mol. The van der Waals surface area contributed by atoms with Gasteiger partial charge in [0.2, 0.25) is 6.10 Å². The first kappa shape index (κ1) is 14.8. The summed E-state index contributed by atoms with van der Waals surface area (Å²) in [6.07, 6.45) is -4.55. The fourth-order valence-corrected chi connectivity index (χ4v) is 1.64. The highest BCUT2D eigenvalue weighted by atomic mass is 19.4. The average molecular weight is 261 g/mol. The predicted octanol–water partition coefficient (Wildman–Crippen LogP) is 3.30. The lowest BCUT2D eigenvalue weighted by molar-refractivity contribution is -0.199. The van der Waals surface area contributed by atoms with Gasteiger partial charge in [0.05, 0.1) is 0 Å². The third kappa shape index (κ3) is 4.22. The molecule has 0 saturated heterocycles. The van der Waals surface area contributed by atoms with Crippen LogP contribution in [0, 0.1) is 0 Å². The maximum atomic E-state index is 12.7. The molecule has 0 heterocycles. The Kier molecular flexibility index (Phi) is 5.02. The van der Waals surface area contributed by atoms with Crippen LogP contribution in [0.1, 0.15) is 25.8 Å². The molecule has 1 rings (SSSR count). The first-order valence-corrected chi connectivity index (χ1v) is 5.92. The minimum absolute atomic E-state index is 0.189. The van der Waals surface area contributed by atoms with E-state index in [1.54, 1.807) is 24.3 Å². The highest BCUT2D eigenvalue weighted by molar-refractivity contribution is 5.27. The maximum Gasteiger partial charge on any atom is 0.426 e. The third-order valence-corrected chi connectivity index (χ3v) is 2.53. The summed E-state index contributed by atoms with van der Waals surface area (Å²) in [7, 11) is 0. The van der Waals surface area contributed by atoms with Crippen molar-refractivity contribution in [3.63, 3.8) is 0 Å². The molecule has 0 spiro atoms. The Labute approximate surface area is 105 Å². The number of rotatable bonds is 5. The van der Waals surface area contributed by atoms with Crippen LogP contribution < -0.4 is 10.5 Å². The molecule has 1 aromatic rings. The zero-order chi connectivity index (χ0) is 13.8. The van der Waals surface area contributed by atoms with E-state index >= 15 is 0 Å². The number of benzene rings is 1. The number of halogens is 3. The first-order valence-electron chi connectivity index (χ1n) is 5.92. The van der Waals surface area contributed by atoms with E-state index in [4.69, 9.17) is 10.5 Å². The van der Waals surface area contributed by atoms with Gasteiger partial charge in [-0.3, -0.25) is 0 Å².